The Morgan fingerprint density at radius 2 is 1.07 bits per heavy atom. The molecule has 0 atom stereocenters. The van der Waals surface area contributed by atoms with Crippen molar-refractivity contribution >= 4 is 9.53 Å². The van der Waals surface area contributed by atoms with Crippen LogP contribution in [0.15, 0.2) is 0 Å². The van der Waals surface area contributed by atoms with Gasteiger partial charge >= 0.3 is 9.53 Å². The summed E-state index contributed by atoms with van der Waals surface area (Å²) in [5.41, 5.74) is 0. The van der Waals surface area contributed by atoms with Gasteiger partial charge in [-0.3, -0.25) is 0 Å². The van der Waals surface area contributed by atoms with Crippen LogP contribution in [0, 0.1) is 5.92 Å². The summed E-state index contributed by atoms with van der Waals surface area (Å²) >= 11 is 0. The maximum absolute atomic E-state index is 5.22. The zero-order valence-corrected chi connectivity index (χ0v) is 12.4. The zero-order chi connectivity index (χ0) is 12.1. The summed E-state index contributed by atoms with van der Waals surface area (Å²) in [7, 11) is -1.73. The molecule has 0 heterocycles. The summed E-state index contributed by atoms with van der Waals surface area (Å²) in [6.45, 7) is 14.5. The molecule has 0 amide bonds. The Balaban J connectivity index is 0. The Labute approximate surface area is 97.1 Å². The molecule has 0 fully saturated rings. The van der Waals surface area contributed by atoms with Crippen molar-refractivity contribution in [2.24, 2.45) is 5.92 Å². The van der Waals surface area contributed by atoms with Gasteiger partial charge < -0.3 is 13.3 Å². The highest BCUT2D eigenvalue weighted by molar-refractivity contribution is 6.36. The van der Waals surface area contributed by atoms with Crippen molar-refractivity contribution in [2.75, 3.05) is 19.8 Å². The predicted octanol–water partition coefficient (Wildman–Crippen LogP) is 2.87. The molecule has 0 saturated carbocycles. The Bertz CT molecular complexity index is 95.7. The minimum atomic E-state index is -1.73. The van der Waals surface area contributed by atoms with Crippen LogP contribution < -0.4 is 0 Å². The van der Waals surface area contributed by atoms with Crippen molar-refractivity contribution in [3.8, 4) is 0 Å². The molecule has 15 heavy (non-hydrogen) atoms. The summed E-state index contributed by atoms with van der Waals surface area (Å²) in [4.78, 5) is 0. The molecular weight excluding hydrogens is 208 g/mol. The van der Waals surface area contributed by atoms with Gasteiger partial charge in [-0.1, -0.05) is 27.2 Å². The van der Waals surface area contributed by atoms with Crippen LogP contribution in [-0.4, -0.2) is 29.3 Å². The Kier molecular flexibility index (Phi) is 16.4. The van der Waals surface area contributed by atoms with Crippen LogP contribution in [-0.2, 0) is 13.3 Å². The maximum atomic E-state index is 5.22. The Morgan fingerprint density at radius 1 is 0.800 bits per heavy atom. The van der Waals surface area contributed by atoms with Gasteiger partial charge in [-0.2, -0.15) is 0 Å². The van der Waals surface area contributed by atoms with E-state index < -0.39 is 9.53 Å². The highest BCUT2D eigenvalue weighted by atomic mass is 28.3. The van der Waals surface area contributed by atoms with E-state index in [1.165, 1.54) is 6.42 Å². The van der Waals surface area contributed by atoms with E-state index in [1.807, 2.05) is 20.8 Å². The van der Waals surface area contributed by atoms with Crippen LogP contribution in [0.2, 0.25) is 0 Å². The predicted molar refractivity (Wildman–Crippen MR) is 67.2 cm³/mol. The van der Waals surface area contributed by atoms with Crippen LogP contribution in [0.5, 0.6) is 0 Å². The fourth-order valence-electron chi connectivity index (χ4n) is 0.553. The summed E-state index contributed by atoms with van der Waals surface area (Å²) in [5.74, 6) is 0.884. The molecule has 4 heteroatoms. The lowest BCUT2D eigenvalue weighted by molar-refractivity contribution is 0.107. The first kappa shape index (κ1) is 17.5. The second-order valence-electron chi connectivity index (χ2n) is 3.46. The lowest BCUT2D eigenvalue weighted by Crippen LogP contribution is -2.27. The van der Waals surface area contributed by atoms with Crippen molar-refractivity contribution in [1.29, 1.82) is 0 Å². The van der Waals surface area contributed by atoms with E-state index in [0.717, 1.165) is 5.92 Å². The van der Waals surface area contributed by atoms with E-state index in [9.17, 15) is 0 Å². The number of rotatable bonds is 7. The second-order valence-corrected chi connectivity index (χ2v) is 5.03. The van der Waals surface area contributed by atoms with Crippen LogP contribution >= 0.6 is 0 Å². The van der Waals surface area contributed by atoms with Gasteiger partial charge in [-0.15, -0.1) is 0 Å². The normalized spacial score (nSPS) is 10.4. The van der Waals surface area contributed by atoms with Crippen LogP contribution in [0.3, 0.4) is 0 Å². The molecule has 3 nitrogen and oxygen atoms in total. The van der Waals surface area contributed by atoms with Crippen LogP contribution in [0.4, 0.5) is 0 Å². The van der Waals surface area contributed by atoms with Gasteiger partial charge in [-0.05, 0) is 26.7 Å². The van der Waals surface area contributed by atoms with Crippen LogP contribution in [0.1, 0.15) is 48.0 Å². The van der Waals surface area contributed by atoms with Gasteiger partial charge in [0.15, 0.2) is 0 Å². The fourth-order valence-corrected chi connectivity index (χ4v) is 1.66. The zero-order valence-electron chi connectivity index (χ0n) is 11.2. The lowest BCUT2D eigenvalue weighted by atomic mass is 10.2. The smallest absolute Gasteiger partial charge is 0.376 e. The van der Waals surface area contributed by atoms with Gasteiger partial charge in [-0.25, -0.2) is 0 Å². The molecule has 0 N–H and O–H groups in total. The van der Waals surface area contributed by atoms with Crippen molar-refractivity contribution in [1.82, 2.24) is 0 Å². The van der Waals surface area contributed by atoms with Crippen LogP contribution in [0.25, 0.3) is 0 Å². The largest absolute Gasteiger partial charge is 0.484 e. The van der Waals surface area contributed by atoms with Crippen molar-refractivity contribution in [2.45, 2.75) is 48.0 Å². The third-order valence-corrected chi connectivity index (χ3v) is 3.54. The fraction of sp³-hybridized carbons (Fsp3) is 1.00. The van der Waals surface area contributed by atoms with Gasteiger partial charge in [0, 0.05) is 19.8 Å². The molecule has 0 aromatic heterocycles. The molecule has 0 aliphatic carbocycles. The van der Waals surface area contributed by atoms with Crippen molar-refractivity contribution in [3.63, 3.8) is 0 Å². The van der Waals surface area contributed by atoms with E-state index in [4.69, 9.17) is 13.3 Å². The van der Waals surface area contributed by atoms with E-state index in [2.05, 4.69) is 20.8 Å². The molecule has 0 rings (SSSR count). The SMILES string of the molecule is CCC(C)C.CCO[SiH](OCC)OCC. The Morgan fingerprint density at radius 3 is 1.20 bits per heavy atom. The molecular formula is C11H28O3Si. The topological polar surface area (TPSA) is 27.7 Å². The first-order valence-electron chi connectivity index (χ1n) is 5.96. The molecule has 0 bridgehead atoms. The molecule has 0 aliphatic rings. The maximum Gasteiger partial charge on any atom is 0.484 e. The van der Waals surface area contributed by atoms with Gasteiger partial charge in [0.25, 0.3) is 0 Å². The third-order valence-electron chi connectivity index (χ3n) is 1.72. The highest BCUT2D eigenvalue weighted by Gasteiger charge is 2.11. The summed E-state index contributed by atoms with van der Waals surface area (Å²) in [5, 5.41) is 0. The highest BCUT2D eigenvalue weighted by Crippen LogP contribution is 1.94. The summed E-state index contributed by atoms with van der Waals surface area (Å²) < 4.78 is 15.7. The quantitative estimate of drug-likeness (QED) is 0.636. The molecule has 94 valence electrons. The molecule has 0 saturated heterocycles. The van der Waals surface area contributed by atoms with E-state index in [1.54, 1.807) is 0 Å². The lowest BCUT2D eigenvalue weighted by Gasteiger charge is -2.12. The average Bonchev–Trinajstić information content (AvgIpc) is 2.20. The molecule has 0 unspecified atom stereocenters. The molecule has 0 aromatic rings. The van der Waals surface area contributed by atoms with Crippen molar-refractivity contribution < 1.29 is 13.3 Å². The minimum Gasteiger partial charge on any atom is -0.376 e. The molecule has 0 aromatic carbocycles. The molecule has 0 spiro atoms. The van der Waals surface area contributed by atoms with Gasteiger partial charge in [0.1, 0.15) is 0 Å². The van der Waals surface area contributed by atoms with Gasteiger partial charge in [0.2, 0.25) is 0 Å². The van der Waals surface area contributed by atoms with E-state index >= 15 is 0 Å². The van der Waals surface area contributed by atoms with E-state index in [0.29, 0.717) is 19.8 Å². The third kappa shape index (κ3) is 16.8. The summed E-state index contributed by atoms with van der Waals surface area (Å²) in [6.07, 6.45) is 1.31. The van der Waals surface area contributed by atoms with Crippen molar-refractivity contribution in [3.05, 3.63) is 0 Å². The van der Waals surface area contributed by atoms with E-state index in [-0.39, 0.29) is 0 Å². The second kappa shape index (κ2) is 14.1. The Hall–Kier alpha value is 0.0969. The molecule has 0 radical (unpaired) electrons. The minimum absolute atomic E-state index is 0.677. The standard InChI is InChI=1S/C6H16O3Si.C5H12/c1-4-7-10(8-5-2)9-6-3;1-4-5(2)3/h10H,4-6H2,1-3H3;5H,4H2,1-3H3. The molecule has 0 aliphatic heterocycles. The van der Waals surface area contributed by atoms with Gasteiger partial charge in [0.05, 0.1) is 0 Å². The first-order chi connectivity index (χ1) is 7.12. The average molecular weight is 236 g/mol. The first-order valence-corrected chi connectivity index (χ1v) is 7.38. The number of hydrogen-bond acceptors (Lipinski definition) is 3. The monoisotopic (exact) mass is 236 g/mol. The summed E-state index contributed by atoms with van der Waals surface area (Å²) in [6, 6.07) is 0. The number of hydrogen-bond donors (Lipinski definition) is 0.